The number of carbonyl (C=O) groups is 2. The number of hydrogen-bond donors (Lipinski definition) is 0. The Morgan fingerprint density at radius 3 is 2.16 bits per heavy atom. The Hall–Kier alpha value is -1.38. The third-order valence-electron chi connectivity index (χ3n) is 3.07. The molecular weight excluding hydrogens is 240 g/mol. The summed E-state index contributed by atoms with van der Waals surface area (Å²) >= 11 is 0. The first-order chi connectivity index (χ1) is 8.99. The van der Waals surface area contributed by atoms with E-state index in [1.807, 2.05) is 0 Å². The molecule has 0 bridgehead atoms. The number of hydrogen-bond acceptors (Lipinski definition) is 3. The van der Waals surface area contributed by atoms with E-state index in [9.17, 15) is 9.59 Å². The molecule has 19 heavy (non-hydrogen) atoms. The minimum atomic E-state index is -0.453. The normalized spacial score (nSPS) is 12.4. The Bertz CT molecular complexity index is 351. The van der Waals surface area contributed by atoms with Gasteiger partial charge in [0.15, 0.2) is 0 Å². The molecule has 0 aliphatic carbocycles. The second-order valence-corrected chi connectivity index (χ2v) is 4.82. The minimum Gasteiger partial charge on any atom is -0.469 e. The van der Waals surface area contributed by atoms with Gasteiger partial charge in [0, 0.05) is 6.42 Å². The van der Waals surface area contributed by atoms with Crippen molar-refractivity contribution in [2.24, 2.45) is 0 Å². The molecule has 3 nitrogen and oxygen atoms in total. The molecule has 0 saturated heterocycles. The van der Waals surface area contributed by atoms with Crippen molar-refractivity contribution in [1.29, 1.82) is 0 Å². The van der Waals surface area contributed by atoms with Gasteiger partial charge in [-0.25, -0.2) is 0 Å². The molecule has 0 aromatic heterocycles. The zero-order valence-corrected chi connectivity index (χ0v) is 12.6. The van der Waals surface area contributed by atoms with E-state index < -0.39 is 5.97 Å². The summed E-state index contributed by atoms with van der Waals surface area (Å²) in [4.78, 5) is 22.3. The van der Waals surface area contributed by atoms with Crippen molar-refractivity contribution in [3.05, 3.63) is 23.3 Å². The lowest BCUT2D eigenvalue weighted by atomic mass is 10.1. The molecule has 0 N–H and O–H groups in total. The molecule has 0 aliphatic rings. The predicted molar refractivity (Wildman–Crippen MR) is 77.9 cm³/mol. The SMILES string of the molecule is CC/C(C)=C/CC/C(C)=C/CCC(=O)CC(=O)OC. The van der Waals surface area contributed by atoms with Crippen molar-refractivity contribution in [1.82, 2.24) is 0 Å². The van der Waals surface area contributed by atoms with Crippen molar-refractivity contribution >= 4 is 11.8 Å². The fourth-order valence-corrected chi connectivity index (χ4v) is 1.59. The van der Waals surface area contributed by atoms with Crippen molar-refractivity contribution in [2.75, 3.05) is 7.11 Å². The zero-order chi connectivity index (χ0) is 14.7. The maximum Gasteiger partial charge on any atom is 0.313 e. The van der Waals surface area contributed by atoms with Gasteiger partial charge in [0.2, 0.25) is 0 Å². The third-order valence-corrected chi connectivity index (χ3v) is 3.07. The quantitative estimate of drug-likeness (QED) is 0.360. The van der Waals surface area contributed by atoms with E-state index >= 15 is 0 Å². The van der Waals surface area contributed by atoms with Crippen LogP contribution >= 0.6 is 0 Å². The second-order valence-electron chi connectivity index (χ2n) is 4.82. The van der Waals surface area contributed by atoms with E-state index in [1.165, 1.54) is 18.3 Å². The van der Waals surface area contributed by atoms with Crippen LogP contribution in [0.1, 0.15) is 59.3 Å². The largest absolute Gasteiger partial charge is 0.469 e. The minimum absolute atomic E-state index is 0.0578. The van der Waals surface area contributed by atoms with Crippen LogP contribution in [0.15, 0.2) is 23.3 Å². The monoisotopic (exact) mass is 266 g/mol. The zero-order valence-electron chi connectivity index (χ0n) is 12.6. The highest BCUT2D eigenvalue weighted by Gasteiger charge is 2.07. The number of ether oxygens (including phenoxy) is 1. The molecule has 0 unspecified atom stereocenters. The van der Waals surface area contributed by atoms with Crippen LogP contribution in [-0.4, -0.2) is 18.9 Å². The number of esters is 1. The van der Waals surface area contributed by atoms with Gasteiger partial charge in [0.1, 0.15) is 12.2 Å². The summed E-state index contributed by atoms with van der Waals surface area (Å²) in [7, 11) is 1.30. The number of allylic oxidation sites excluding steroid dienone is 4. The van der Waals surface area contributed by atoms with Gasteiger partial charge < -0.3 is 4.74 Å². The molecule has 0 aliphatic heterocycles. The van der Waals surface area contributed by atoms with E-state index in [0.29, 0.717) is 12.8 Å². The van der Waals surface area contributed by atoms with Gasteiger partial charge in [-0.05, 0) is 39.5 Å². The van der Waals surface area contributed by atoms with E-state index in [2.05, 4.69) is 37.7 Å². The molecule has 0 atom stereocenters. The topological polar surface area (TPSA) is 43.4 Å². The van der Waals surface area contributed by atoms with Crippen LogP contribution in [0.3, 0.4) is 0 Å². The van der Waals surface area contributed by atoms with Crippen molar-refractivity contribution in [2.45, 2.75) is 59.3 Å². The molecule has 0 aromatic carbocycles. The van der Waals surface area contributed by atoms with E-state index in [-0.39, 0.29) is 12.2 Å². The van der Waals surface area contributed by atoms with Gasteiger partial charge in [0.25, 0.3) is 0 Å². The Morgan fingerprint density at radius 1 is 1.00 bits per heavy atom. The van der Waals surface area contributed by atoms with Crippen LogP contribution in [0, 0.1) is 0 Å². The van der Waals surface area contributed by atoms with Gasteiger partial charge in [-0.3, -0.25) is 9.59 Å². The summed E-state index contributed by atoms with van der Waals surface area (Å²) in [6, 6.07) is 0. The molecule has 0 radical (unpaired) electrons. The van der Waals surface area contributed by atoms with Crippen molar-refractivity contribution in [3.8, 4) is 0 Å². The fourth-order valence-electron chi connectivity index (χ4n) is 1.59. The van der Waals surface area contributed by atoms with Gasteiger partial charge >= 0.3 is 5.97 Å². The molecule has 0 aromatic rings. The standard InChI is InChI=1S/C16H26O3/c1-5-13(2)8-6-9-14(3)10-7-11-15(17)12-16(18)19-4/h8,10H,5-7,9,11-12H2,1-4H3/b13-8+,14-10+. The highest BCUT2D eigenvalue weighted by Crippen LogP contribution is 2.10. The first-order valence-corrected chi connectivity index (χ1v) is 6.89. The predicted octanol–water partition coefficient (Wildman–Crippen LogP) is 3.98. The molecule has 0 heterocycles. The first kappa shape index (κ1) is 17.6. The fraction of sp³-hybridized carbons (Fsp3) is 0.625. The summed E-state index contributed by atoms with van der Waals surface area (Å²) in [5.41, 5.74) is 2.71. The number of methoxy groups -OCH3 is 1. The Morgan fingerprint density at radius 2 is 1.58 bits per heavy atom. The van der Waals surface area contributed by atoms with E-state index in [1.54, 1.807) is 0 Å². The lowest BCUT2D eigenvalue weighted by Gasteiger charge is -2.01. The Kier molecular flexibility index (Phi) is 9.77. The summed E-state index contributed by atoms with van der Waals surface area (Å²) in [6.45, 7) is 6.38. The van der Waals surface area contributed by atoms with Gasteiger partial charge in [0.05, 0.1) is 7.11 Å². The second kappa shape index (κ2) is 10.5. The smallest absolute Gasteiger partial charge is 0.313 e. The summed E-state index contributed by atoms with van der Waals surface area (Å²) in [5, 5.41) is 0. The third kappa shape index (κ3) is 10.2. The lowest BCUT2D eigenvalue weighted by Crippen LogP contribution is -2.08. The molecule has 0 amide bonds. The highest BCUT2D eigenvalue weighted by molar-refractivity contribution is 5.95. The summed E-state index contributed by atoms with van der Waals surface area (Å²) in [6.07, 6.45) is 8.55. The van der Waals surface area contributed by atoms with Crippen LogP contribution in [0.5, 0.6) is 0 Å². The summed E-state index contributed by atoms with van der Waals surface area (Å²) in [5.74, 6) is -0.511. The average molecular weight is 266 g/mol. The molecular formula is C16H26O3. The molecule has 0 fully saturated rings. The maximum absolute atomic E-state index is 11.4. The maximum atomic E-state index is 11.4. The van der Waals surface area contributed by atoms with Crippen LogP contribution < -0.4 is 0 Å². The van der Waals surface area contributed by atoms with Crippen LogP contribution in [0.25, 0.3) is 0 Å². The van der Waals surface area contributed by atoms with Gasteiger partial charge in [-0.1, -0.05) is 30.2 Å². The Labute approximate surface area is 116 Å². The van der Waals surface area contributed by atoms with Crippen LogP contribution in [0.4, 0.5) is 0 Å². The van der Waals surface area contributed by atoms with Crippen molar-refractivity contribution < 1.29 is 14.3 Å². The van der Waals surface area contributed by atoms with Crippen molar-refractivity contribution in [3.63, 3.8) is 0 Å². The van der Waals surface area contributed by atoms with E-state index in [0.717, 1.165) is 19.3 Å². The molecule has 0 rings (SSSR count). The van der Waals surface area contributed by atoms with Crippen LogP contribution in [-0.2, 0) is 14.3 Å². The Balaban J connectivity index is 3.87. The van der Waals surface area contributed by atoms with Crippen LogP contribution in [0.2, 0.25) is 0 Å². The molecule has 3 heteroatoms. The molecule has 0 saturated carbocycles. The average Bonchev–Trinajstić information content (AvgIpc) is 2.38. The molecule has 0 spiro atoms. The lowest BCUT2D eigenvalue weighted by molar-refractivity contribution is -0.143. The number of rotatable bonds is 9. The summed E-state index contributed by atoms with van der Waals surface area (Å²) < 4.78 is 4.45. The number of carbonyl (C=O) groups excluding carboxylic acids is 2. The van der Waals surface area contributed by atoms with E-state index in [4.69, 9.17) is 0 Å². The highest BCUT2D eigenvalue weighted by atomic mass is 16.5. The molecule has 108 valence electrons. The van der Waals surface area contributed by atoms with Gasteiger partial charge in [-0.2, -0.15) is 0 Å². The first-order valence-electron chi connectivity index (χ1n) is 6.89. The number of Topliss-reactive ketones (excluding diaryl/α,β-unsaturated/α-hetero) is 1. The number of ketones is 1. The van der Waals surface area contributed by atoms with Gasteiger partial charge in [-0.15, -0.1) is 0 Å².